The Kier molecular flexibility index (Phi) is 4.42. The van der Waals surface area contributed by atoms with Gasteiger partial charge in [0.1, 0.15) is 16.8 Å². The molecule has 1 N–H and O–H groups in total. The van der Waals surface area contributed by atoms with Gasteiger partial charge in [0.2, 0.25) is 0 Å². The van der Waals surface area contributed by atoms with Crippen LogP contribution >= 0.6 is 39.0 Å². The molecule has 0 aliphatic heterocycles. The van der Waals surface area contributed by atoms with Crippen molar-refractivity contribution in [2.24, 2.45) is 0 Å². The number of benzene rings is 1. The van der Waals surface area contributed by atoms with Gasteiger partial charge in [-0.05, 0) is 40.2 Å². The van der Waals surface area contributed by atoms with Crippen molar-refractivity contribution >= 4 is 56.0 Å². The van der Waals surface area contributed by atoms with E-state index in [2.05, 4.69) is 24.7 Å². The van der Waals surface area contributed by atoms with Crippen LogP contribution in [0.4, 0.5) is 0 Å². The number of carbonyl (C=O) groups excluding carboxylic acids is 1. The van der Waals surface area contributed by atoms with Gasteiger partial charge in [0.05, 0.1) is 29.0 Å². The van der Waals surface area contributed by atoms with E-state index >= 15 is 0 Å². The summed E-state index contributed by atoms with van der Waals surface area (Å²) in [6.07, 6.45) is 0.133. The Morgan fingerprint density at radius 3 is 2.86 bits per heavy atom. The fourth-order valence-corrected chi connectivity index (χ4v) is 4.40. The van der Waals surface area contributed by atoms with E-state index in [1.54, 1.807) is 12.1 Å². The van der Waals surface area contributed by atoms with Gasteiger partial charge < -0.3 is 9.84 Å². The molecule has 2 aromatic heterocycles. The molecule has 0 aliphatic carbocycles. The van der Waals surface area contributed by atoms with Gasteiger partial charge in [-0.15, -0.1) is 11.3 Å². The predicted octanol–water partition coefficient (Wildman–Crippen LogP) is 3.92. The summed E-state index contributed by atoms with van der Waals surface area (Å²) in [6, 6.07) is 7.16. The number of carbonyl (C=O) groups is 1. The first-order chi connectivity index (χ1) is 10.6. The molecule has 2 heterocycles. The highest BCUT2D eigenvalue weighted by atomic mass is 79.9. The van der Waals surface area contributed by atoms with E-state index in [1.807, 2.05) is 12.1 Å². The number of methoxy groups -OCH3 is 1. The van der Waals surface area contributed by atoms with Crippen molar-refractivity contribution in [3.63, 3.8) is 0 Å². The summed E-state index contributed by atoms with van der Waals surface area (Å²) >= 11 is 6.03. The second-order valence-corrected chi connectivity index (χ2v) is 7.63. The molecule has 114 valence electrons. The van der Waals surface area contributed by atoms with Crippen molar-refractivity contribution in [1.29, 1.82) is 0 Å². The molecule has 1 atom stereocenters. The molecule has 0 fully saturated rings. The zero-order valence-electron chi connectivity index (χ0n) is 11.4. The highest BCUT2D eigenvalue weighted by molar-refractivity contribution is 9.11. The number of ether oxygens (including phenoxy) is 1. The van der Waals surface area contributed by atoms with Crippen molar-refractivity contribution in [1.82, 2.24) is 8.75 Å². The summed E-state index contributed by atoms with van der Waals surface area (Å²) < 4.78 is 14.2. The molecular weight excluding hydrogens is 388 g/mol. The third-order valence-electron chi connectivity index (χ3n) is 3.33. The van der Waals surface area contributed by atoms with E-state index < -0.39 is 0 Å². The van der Waals surface area contributed by atoms with Gasteiger partial charge in [0.15, 0.2) is 0 Å². The molecule has 0 bridgehead atoms. The lowest BCUT2D eigenvalue weighted by atomic mass is 9.92. The molecule has 0 spiro atoms. The molecule has 0 amide bonds. The summed E-state index contributed by atoms with van der Waals surface area (Å²) in [4.78, 5) is 12.8. The first-order valence-electron chi connectivity index (χ1n) is 6.36. The van der Waals surface area contributed by atoms with E-state index in [-0.39, 0.29) is 24.1 Å². The average molecular weight is 399 g/mol. The van der Waals surface area contributed by atoms with Gasteiger partial charge in [-0.2, -0.15) is 8.75 Å². The number of rotatable bonds is 4. The van der Waals surface area contributed by atoms with Crippen molar-refractivity contribution in [2.45, 2.75) is 12.3 Å². The fourth-order valence-electron chi connectivity index (χ4n) is 2.31. The average Bonchev–Trinajstić information content (AvgIpc) is 3.13. The van der Waals surface area contributed by atoms with E-state index in [9.17, 15) is 9.90 Å². The first-order valence-corrected chi connectivity index (χ1v) is 8.70. The fraction of sp³-hybridized carbons (Fsp3) is 0.214. The Morgan fingerprint density at radius 2 is 2.18 bits per heavy atom. The molecule has 1 aromatic carbocycles. The number of phenolic OH excluding ortho intramolecular Hbond substituents is 1. The summed E-state index contributed by atoms with van der Waals surface area (Å²) in [5.41, 5.74) is 1.96. The minimum absolute atomic E-state index is 0.110. The number of thiophene rings is 1. The molecule has 3 aromatic rings. The normalized spacial score (nSPS) is 12.5. The molecular formula is C14H11BrN2O3S2. The lowest BCUT2D eigenvalue weighted by Gasteiger charge is -2.16. The van der Waals surface area contributed by atoms with Crippen LogP contribution in [0.2, 0.25) is 0 Å². The molecule has 0 saturated carbocycles. The number of esters is 1. The maximum Gasteiger partial charge on any atom is 0.306 e. The van der Waals surface area contributed by atoms with Crippen LogP contribution in [0.15, 0.2) is 28.1 Å². The summed E-state index contributed by atoms with van der Waals surface area (Å²) in [6.45, 7) is 0. The van der Waals surface area contributed by atoms with Crippen molar-refractivity contribution in [3.8, 4) is 5.75 Å². The Hall–Kier alpha value is -1.51. The van der Waals surface area contributed by atoms with Gasteiger partial charge >= 0.3 is 5.97 Å². The first kappa shape index (κ1) is 15.4. The highest BCUT2D eigenvalue weighted by Crippen LogP contribution is 2.41. The Morgan fingerprint density at radius 1 is 1.36 bits per heavy atom. The zero-order valence-corrected chi connectivity index (χ0v) is 14.7. The molecule has 8 heteroatoms. The minimum Gasteiger partial charge on any atom is -0.508 e. The van der Waals surface area contributed by atoms with Crippen LogP contribution in [0, 0.1) is 0 Å². The summed E-state index contributed by atoms with van der Waals surface area (Å²) in [5.74, 6) is -0.552. The highest BCUT2D eigenvalue weighted by Gasteiger charge is 2.26. The SMILES string of the molecule is COC(=O)C[C@@H](c1ccc(Br)s1)c1c(O)ccc2nsnc12. The van der Waals surface area contributed by atoms with E-state index in [0.29, 0.717) is 16.6 Å². The van der Waals surface area contributed by atoms with Gasteiger partial charge in [-0.25, -0.2) is 0 Å². The molecule has 0 aliphatic rings. The Bertz CT molecular complexity index is 830. The van der Waals surface area contributed by atoms with E-state index in [4.69, 9.17) is 4.74 Å². The van der Waals surface area contributed by atoms with Crippen molar-refractivity contribution in [3.05, 3.63) is 38.5 Å². The van der Waals surface area contributed by atoms with Crippen LogP contribution in [-0.2, 0) is 9.53 Å². The van der Waals surface area contributed by atoms with Crippen LogP contribution in [0.3, 0.4) is 0 Å². The topological polar surface area (TPSA) is 72.3 Å². The van der Waals surface area contributed by atoms with E-state index in [1.165, 1.54) is 18.4 Å². The molecule has 0 radical (unpaired) electrons. The van der Waals surface area contributed by atoms with E-state index in [0.717, 1.165) is 20.4 Å². The molecule has 0 unspecified atom stereocenters. The second kappa shape index (κ2) is 6.31. The predicted molar refractivity (Wildman–Crippen MR) is 89.6 cm³/mol. The van der Waals surface area contributed by atoms with Crippen molar-refractivity contribution < 1.29 is 14.6 Å². The quantitative estimate of drug-likeness (QED) is 0.674. The standard InChI is InChI=1S/C14H11BrN2O3S2/c1-20-12(19)6-7(10-4-5-11(15)21-10)13-9(18)3-2-8-14(13)17-22-16-8/h2-5,7,18H,6H2,1H3/t7-/m0/s1. The number of nitrogens with zero attached hydrogens (tertiary/aromatic N) is 2. The molecule has 3 rings (SSSR count). The molecule has 0 saturated heterocycles. The minimum atomic E-state index is -0.339. The summed E-state index contributed by atoms with van der Waals surface area (Å²) in [5, 5.41) is 10.3. The van der Waals surface area contributed by atoms with Crippen LogP contribution in [0.25, 0.3) is 11.0 Å². The summed E-state index contributed by atoms with van der Waals surface area (Å²) in [7, 11) is 1.36. The lowest BCUT2D eigenvalue weighted by molar-refractivity contribution is -0.140. The third kappa shape index (κ3) is 2.86. The number of phenols is 1. The number of hydrogen-bond donors (Lipinski definition) is 1. The maximum absolute atomic E-state index is 11.8. The zero-order chi connectivity index (χ0) is 15.7. The van der Waals surface area contributed by atoms with Crippen LogP contribution in [0.5, 0.6) is 5.75 Å². The molecule has 5 nitrogen and oxygen atoms in total. The Balaban J connectivity index is 2.17. The van der Waals surface area contributed by atoms with Gasteiger partial charge in [0.25, 0.3) is 0 Å². The lowest BCUT2D eigenvalue weighted by Crippen LogP contribution is -2.10. The number of fused-ring (bicyclic) bond motifs is 1. The van der Waals surface area contributed by atoms with Gasteiger partial charge in [0, 0.05) is 16.4 Å². The van der Waals surface area contributed by atoms with Crippen LogP contribution in [0.1, 0.15) is 22.8 Å². The molecule has 22 heavy (non-hydrogen) atoms. The number of hydrogen-bond acceptors (Lipinski definition) is 7. The van der Waals surface area contributed by atoms with Crippen LogP contribution < -0.4 is 0 Å². The van der Waals surface area contributed by atoms with Gasteiger partial charge in [-0.1, -0.05) is 0 Å². The Labute approximate surface area is 143 Å². The third-order valence-corrected chi connectivity index (χ3v) is 5.61. The number of halogens is 1. The largest absolute Gasteiger partial charge is 0.508 e. The van der Waals surface area contributed by atoms with Crippen molar-refractivity contribution in [2.75, 3.05) is 7.11 Å². The second-order valence-electron chi connectivity index (χ2n) is 4.61. The smallest absolute Gasteiger partial charge is 0.306 e. The monoisotopic (exact) mass is 398 g/mol. The number of aromatic nitrogens is 2. The van der Waals surface area contributed by atoms with Gasteiger partial charge in [-0.3, -0.25) is 4.79 Å². The maximum atomic E-state index is 11.8. The van der Waals surface area contributed by atoms with Crippen LogP contribution in [-0.4, -0.2) is 26.9 Å². The number of aromatic hydroxyl groups is 1.